The third-order valence-electron chi connectivity index (χ3n) is 3.75. The van der Waals surface area contributed by atoms with Crippen molar-refractivity contribution in [2.75, 3.05) is 0 Å². The Hall–Kier alpha value is -0.940. The SMILES string of the molecule is C[C@H]1O[C@H](OCc2ccccc2)C[C@H]2OC(C)(C)O[C@@H]12. The highest BCUT2D eigenvalue weighted by atomic mass is 16.8. The summed E-state index contributed by atoms with van der Waals surface area (Å²) in [5, 5.41) is 0. The minimum Gasteiger partial charge on any atom is -0.348 e. The average Bonchev–Trinajstić information content (AvgIpc) is 2.73. The van der Waals surface area contributed by atoms with E-state index in [2.05, 4.69) is 0 Å². The standard InChI is InChI=1S/C16H22O4/c1-11-15-13(19-16(2,3)20-15)9-14(18-11)17-10-12-7-5-4-6-8-12/h4-8,11,13-15H,9-10H2,1-3H3/t11-,13-,14+,15+/m1/s1. The highest BCUT2D eigenvalue weighted by Gasteiger charge is 2.48. The molecule has 2 saturated heterocycles. The fourth-order valence-corrected chi connectivity index (χ4v) is 2.88. The third kappa shape index (κ3) is 3.04. The van der Waals surface area contributed by atoms with Crippen LogP contribution in [-0.4, -0.2) is 30.4 Å². The monoisotopic (exact) mass is 278 g/mol. The Bertz CT molecular complexity index is 445. The van der Waals surface area contributed by atoms with Gasteiger partial charge >= 0.3 is 0 Å². The molecule has 4 nitrogen and oxygen atoms in total. The van der Waals surface area contributed by atoms with Crippen LogP contribution in [-0.2, 0) is 25.6 Å². The molecule has 4 heteroatoms. The summed E-state index contributed by atoms with van der Waals surface area (Å²) in [7, 11) is 0. The van der Waals surface area contributed by atoms with Crippen molar-refractivity contribution in [2.45, 2.75) is 64.2 Å². The topological polar surface area (TPSA) is 36.9 Å². The first-order valence-electron chi connectivity index (χ1n) is 7.20. The predicted octanol–water partition coefficient (Wildman–Crippen LogP) is 2.86. The fraction of sp³-hybridized carbons (Fsp3) is 0.625. The molecule has 1 aromatic rings. The summed E-state index contributed by atoms with van der Waals surface area (Å²) in [5.74, 6) is -0.527. The number of hydrogen-bond acceptors (Lipinski definition) is 4. The van der Waals surface area contributed by atoms with Gasteiger partial charge in [0.05, 0.1) is 18.8 Å². The first kappa shape index (κ1) is 14.0. The van der Waals surface area contributed by atoms with Crippen LogP contribution in [0.1, 0.15) is 32.8 Å². The highest BCUT2D eigenvalue weighted by Crippen LogP contribution is 2.37. The second kappa shape index (κ2) is 5.45. The maximum absolute atomic E-state index is 5.92. The lowest BCUT2D eigenvalue weighted by Gasteiger charge is -2.34. The Morgan fingerprint density at radius 3 is 2.70 bits per heavy atom. The molecule has 0 saturated carbocycles. The Balaban J connectivity index is 1.57. The number of rotatable bonds is 3. The number of fused-ring (bicyclic) bond motifs is 1. The molecule has 20 heavy (non-hydrogen) atoms. The van der Waals surface area contributed by atoms with Gasteiger partial charge in [-0.3, -0.25) is 0 Å². The number of hydrogen-bond donors (Lipinski definition) is 0. The molecule has 2 fully saturated rings. The number of ether oxygens (including phenoxy) is 4. The van der Waals surface area contributed by atoms with Crippen LogP contribution in [0.4, 0.5) is 0 Å². The summed E-state index contributed by atoms with van der Waals surface area (Å²) >= 11 is 0. The van der Waals surface area contributed by atoms with Gasteiger partial charge in [0.1, 0.15) is 6.10 Å². The molecule has 3 rings (SSSR count). The van der Waals surface area contributed by atoms with Gasteiger partial charge in [-0.2, -0.15) is 0 Å². The third-order valence-corrected chi connectivity index (χ3v) is 3.75. The molecular formula is C16H22O4. The van der Waals surface area contributed by atoms with E-state index in [1.54, 1.807) is 0 Å². The molecule has 0 amide bonds. The molecule has 0 radical (unpaired) electrons. The van der Waals surface area contributed by atoms with Crippen molar-refractivity contribution in [3.63, 3.8) is 0 Å². The first-order chi connectivity index (χ1) is 9.53. The van der Waals surface area contributed by atoms with Crippen molar-refractivity contribution in [2.24, 2.45) is 0 Å². The molecular weight excluding hydrogens is 256 g/mol. The summed E-state index contributed by atoms with van der Waals surface area (Å²) < 4.78 is 23.5. The Kier molecular flexibility index (Phi) is 3.82. The van der Waals surface area contributed by atoms with E-state index in [0.29, 0.717) is 13.0 Å². The van der Waals surface area contributed by atoms with E-state index in [9.17, 15) is 0 Å². The van der Waals surface area contributed by atoms with Crippen LogP contribution in [0.15, 0.2) is 30.3 Å². The lowest BCUT2D eigenvalue weighted by Crippen LogP contribution is -2.45. The smallest absolute Gasteiger partial charge is 0.163 e. The zero-order valence-electron chi connectivity index (χ0n) is 12.2. The number of benzene rings is 1. The predicted molar refractivity (Wildman–Crippen MR) is 74.0 cm³/mol. The van der Waals surface area contributed by atoms with Crippen LogP contribution in [0.25, 0.3) is 0 Å². The molecule has 0 bridgehead atoms. The normalized spacial score (nSPS) is 35.8. The molecule has 0 unspecified atom stereocenters. The van der Waals surface area contributed by atoms with E-state index in [-0.39, 0.29) is 24.6 Å². The van der Waals surface area contributed by atoms with Crippen LogP contribution in [0.5, 0.6) is 0 Å². The lowest BCUT2D eigenvalue weighted by molar-refractivity contribution is -0.230. The molecule has 2 heterocycles. The van der Waals surface area contributed by atoms with Crippen LogP contribution >= 0.6 is 0 Å². The van der Waals surface area contributed by atoms with Crippen molar-refractivity contribution in [1.29, 1.82) is 0 Å². The molecule has 110 valence electrons. The van der Waals surface area contributed by atoms with Gasteiger partial charge in [0.25, 0.3) is 0 Å². The van der Waals surface area contributed by atoms with Gasteiger partial charge in [-0.25, -0.2) is 0 Å². The van der Waals surface area contributed by atoms with Crippen LogP contribution < -0.4 is 0 Å². The van der Waals surface area contributed by atoms with Gasteiger partial charge in [0.15, 0.2) is 12.1 Å². The van der Waals surface area contributed by atoms with E-state index >= 15 is 0 Å². The second-order valence-corrected chi connectivity index (χ2v) is 5.94. The van der Waals surface area contributed by atoms with Gasteiger partial charge in [-0.05, 0) is 26.3 Å². The average molecular weight is 278 g/mol. The zero-order valence-corrected chi connectivity index (χ0v) is 12.2. The molecule has 0 spiro atoms. The van der Waals surface area contributed by atoms with E-state index in [1.807, 2.05) is 51.1 Å². The van der Waals surface area contributed by atoms with Gasteiger partial charge < -0.3 is 18.9 Å². The maximum atomic E-state index is 5.92. The fourth-order valence-electron chi connectivity index (χ4n) is 2.88. The van der Waals surface area contributed by atoms with Crippen molar-refractivity contribution in [1.82, 2.24) is 0 Å². The van der Waals surface area contributed by atoms with E-state index in [4.69, 9.17) is 18.9 Å². The zero-order chi connectivity index (χ0) is 14.2. The van der Waals surface area contributed by atoms with Crippen molar-refractivity contribution < 1.29 is 18.9 Å². The molecule has 0 aromatic heterocycles. The molecule has 0 N–H and O–H groups in total. The lowest BCUT2D eigenvalue weighted by atomic mass is 10.0. The van der Waals surface area contributed by atoms with Crippen molar-refractivity contribution in [3.8, 4) is 0 Å². The highest BCUT2D eigenvalue weighted by molar-refractivity contribution is 5.13. The van der Waals surface area contributed by atoms with Crippen molar-refractivity contribution >= 4 is 0 Å². The van der Waals surface area contributed by atoms with Gasteiger partial charge in [-0.1, -0.05) is 30.3 Å². The van der Waals surface area contributed by atoms with E-state index in [0.717, 1.165) is 5.56 Å². The van der Waals surface area contributed by atoms with Gasteiger partial charge in [-0.15, -0.1) is 0 Å². The summed E-state index contributed by atoms with van der Waals surface area (Å²) in [6.45, 7) is 6.45. The van der Waals surface area contributed by atoms with Crippen LogP contribution in [0, 0.1) is 0 Å². The van der Waals surface area contributed by atoms with E-state index < -0.39 is 5.79 Å². The molecule has 4 atom stereocenters. The summed E-state index contributed by atoms with van der Waals surface area (Å²) in [6, 6.07) is 10.1. The quantitative estimate of drug-likeness (QED) is 0.852. The van der Waals surface area contributed by atoms with Crippen LogP contribution in [0.3, 0.4) is 0 Å². The second-order valence-electron chi connectivity index (χ2n) is 5.94. The molecule has 0 aliphatic carbocycles. The molecule has 1 aromatic carbocycles. The minimum absolute atomic E-state index is 0.00146. The summed E-state index contributed by atoms with van der Waals surface area (Å²) in [4.78, 5) is 0. The van der Waals surface area contributed by atoms with Crippen LogP contribution in [0.2, 0.25) is 0 Å². The molecule has 2 aliphatic heterocycles. The van der Waals surface area contributed by atoms with Crippen molar-refractivity contribution in [3.05, 3.63) is 35.9 Å². The maximum Gasteiger partial charge on any atom is 0.163 e. The first-order valence-corrected chi connectivity index (χ1v) is 7.20. The Labute approximate surface area is 120 Å². The Morgan fingerprint density at radius 1 is 1.20 bits per heavy atom. The minimum atomic E-state index is -0.527. The molecule has 2 aliphatic rings. The van der Waals surface area contributed by atoms with Gasteiger partial charge in [0, 0.05) is 6.42 Å². The largest absolute Gasteiger partial charge is 0.348 e. The Morgan fingerprint density at radius 2 is 1.95 bits per heavy atom. The van der Waals surface area contributed by atoms with Gasteiger partial charge in [0.2, 0.25) is 0 Å². The van der Waals surface area contributed by atoms with E-state index in [1.165, 1.54) is 0 Å². The summed E-state index contributed by atoms with van der Waals surface area (Å²) in [5.41, 5.74) is 1.15. The summed E-state index contributed by atoms with van der Waals surface area (Å²) in [6.07, 6.45) is 0.516.